The van der Waals surface area contributed by atoms with Crippen molar-refractivity contribution >= 4 is 17.8 Å². The van der Waals surface area contributed by atoms with Gasteiger partial charge in [-0.25, -0.2) is 9.18 Å². The zero-order chi connectivity index (χ0) is 15.9. The summed E-state index contributed by atoms with van der Waals surface area (Å²) in [5.74, 6) is -0.758. The maximum Gasteiger partial charge on any atom is 0.325 e. The van der Waals surface area contributed by atoms with Crippen molar-refractivity contribution in [2.75, 3.05) is 19.6 Å². The number of hydrogen-bond donors (Lipinski definition) is 2. The molecule has 2 aliphatic heterocycles. The first kappa shape index (κ1) is 15.2. The number of imide groups is 1. The van der Waals surface area contributed by atoms with Gasteiger partial charge in [0.2, 0.25) is 5.91 Å². The van der Waals surface area contributed by atoms with Crippen LogP contribution in [-0.4, -0.2) is 65.0 Å². The van der Waals surface area contributed by atoms with Crippen LogP contribution in [0.2, 0.25) is 0 Å². The van der Waals surface area contributed by atoms with Crippen LogP contribution in [0.4, 0.5) is 9.18 Å². The summed E-state index contributed by atoms with van der Waals surface area (Å²) in [4.78, 5) is 38.7. The second-order valence-electron chi connectivity index (χ2n) is 6.42. The van der Waals surface area contributed by atoms with Gasteiger partial charge in [0.05, 0.1) is 6.04 Å². The Hall–Kier alpha value is -1.70. The molecule has 0 unspecified atom stereocenters. The minimum absolute atomic E-state index is 0.0828. The van der Waals surface area contributed by atoms with Crippen molar-refractivity contribution in [2.24, 2.45) is 5.73 Å². The number of rotatable bonds is 4. The molecule has 0 aromatic heterocycles. The molecule has 3 aliphatic rings. The highest BCUT2D eigenvalue weighted by molar-refractivity contribution is 6.07. The van der Waals surface area contributed by atoms with Gasteiger partial charge >= 0.3 is 6.03 Å². The van der Waals surface area contributed by atoms with Crippen molar-refractivity contribution in [3.8, 4) is 0 Å². The van der Waals surface area contributed by atoms with Gasteiger partial charge in [0.25, 0.3) is 5.91 Å². The third-order valence-corrected chi connectivity index (χ3v) is 4.99. The van der Waals surface area contributed by atoms with E-state index in [9.17, 15) is 18.8 Å². The zero-order valence-corrected chi connectivity index (χ0v) is 12.4. The second kappa shape index (κ2) is 5.49. The van der Waals surface area contributed by atoms with Crippen LogP contribution in [-0.2, 0) is 9.59 Å². The lowest BCUT2D eigenvalue weighted by Crippen LogP contribution is -2.46. The molecule has 7 nitrogen and oxygen atoms in total. The fraction of sp³-hybridized carbons (Fsp3) is 0.786. The van der Waals surface area contributed by atoms with E-state index in [1.54, 1.807) is 4.90 Å². The molecule has 1 aliphatic carbocycles. The van der Waals surface area contributed by atoms with Gasteiger partial charge in [-0.3, -0.25) is 19.4 Å². The largest absolute Gasteiger partial charge is 0.368 e. The number of urea groups is 1. The van der Waals surface area contributed by atoms with Gasteiger partial charge in [-0.2, -0.15) is 0 Å². The number of primary amides is 1. The Labute approximate surface area is 128 Å². The minimum atomic E-state index is -1.10. The topological polar surface area (TPSA) is 95.7 Å². The molecule has 0 bridgehead atoms. The quantitative estimate of drug-likeness (QED) is 0.700. The number of carbonyl (C=O) groups is 3. The first-order valence-corrected chi connectivity index (χ1v) is 7.74. The summed E-state index contributed by atoms with van der Waals surface area (Å²) in [5, 5.41) is 2.80. The third kappa shape index (κ3) is 2.45. The molecule has 0 radical (unpaired) electrons. The van der Waals surface area contributed by atoms with E-state index in [4.69, 9.17) is 5.73 Å². The van der Waals surface area contributed by atoms with Crippen LogP contribution in [0.3, 0.4) is 0 Å². The van der Waals surface area contributed by atoms with E-state index in [0.29, 0.717) is 12.8 Å². The fourth-order valence-electron chi connectivity index (χ4n) is 3.82. The summed E-state index contributed by atoms with van der Waals surface area (Å²) in [5.41, 5.74) is 4.55. The molecule has 2 saturated heterocycles. The van der Waals surface area contributed by atoms with Gasteiger partial charge < -0.3 is 11.1 Å². The van der Waals surface area contributed by atoms with Crippen molar-refractivity contribution in [2.45, 2.75) is 49.9 Å². The lowest BCUT2D eigenvalue weighted by atomic mass is 9.98. The van der Waals surface area contributed by atoms with Gasteiger partial charge in [0, 0.05) is 26.1 Å². The van der Waals surface area contributed by atoms with E-state index in [1.165, 1.54) is 4.90 Å². The van der Waals surface area contributed by atoms with Crippen molar-refractivity contribution < 1.29 is 18.8 Å². The summed E-state index contributed by atoms with van der Waals surface area (Å²) >= 11 is 0. The SMILES string of the molecule is NC(=O)[C@@H]1C[C@@H](F)CN1CCN1C(=O)NC2(CCCC2)C1=O. The summed E-state index contributed by atoms with van der Waals surface area (Å²) in [6.07, 6.45) is 2.20. The Balaban J connectivity index is 1.63. The lowest BCUT2D eigenvalue weighted by Gasteiger charge is -2.24. The number of nitrogens with one attached hydrogen (secondary N) is 1. The average molecular weight is 312 g/mol. The van der Waals surface area contributed by atoms with E-state index in [-0.39, 0.29) is 32.0 Å². The van der Waals surface area contributed by atoms with Crippen LogP contribution < -0.4 is 11.1 Å². The van der Waals surface area contributed by atoms with Crippen LogP contribution >= 0.6 is 0 Å². The Kier molecular flexibility index (Phi) is 3.80. The Morgan fingerprint density at radius 1 is 1.32 bits per heavy atom. The molecule has 1 spiro atoms. The van der Waals surface area contributed by atoms with Crippen LogP contribution in [0.25, 0.3) is 0 Å². The Bertz CT molecular complexity index is 506. The van der Waals surface area contributed by atoms with Gasteiger partial charge in [-0.1, -0.05) is 12.8 Å². The molecule has 8 heteroatoms. The number of carbonyl (C=O) groups excluding carboxylic acids is 3. The molecule has 22 heavy (non-hydrogen) atoms. The molecule has 3 fully saturated rings. The molecule has 1 saturated carbocycles. The molecular formula is C14H21FN4O3. The zero-order valence-electron chi connectivity index (χ0n) is 12.4. The summed E-state index contributed by atoms with van der Waals surface area (Å²) in [7, 11) is 0. The minimum Gasteiger partial charge on any atom is -0.368 e. The van der Waals surface area contributed by atoms with Crippen molar-refractivity contribution in [3.63, 3.8) is 0 Å². The maximum atomic E-state index is 13.5. The lowest BCUT2D eigenvalue weighted by molar-refractivity contribution is -0.131. The highest BCUT2D eigenvalue weighted by Crippen LogP contribution is 2.35. The molecule has 4 amide bonds. The summed E-state index contributed by atoms with van der Waals surface area (Å²) in [6, 6.07) is -1.05. The maximum absolute atomic E-state index is 13.5. The van der Waals surface area contributed by atoms with E-state index < -0.39 is 29.7 Å². The van der Waals surface area contributed by atoms with Crippen LogP contribution in [0.15, 0.2) is 0 Å². The third-order valence-electron chi connectivity index (χ3n) is 4.99. The number of hydrogen-bond acceptors (Lipinski definition) is 4. The summed E-state index contributed by atoms with van der Waals surface area (Å²) in [6.45, 7) is 0.536. The number of amides is 4. The predicted octanol–water partition coefficient (Wildman–Crippen LogP) is -0.251. The van der Waals surface area contributed by atoms with Crippen LogP contribution in [0, 0.1) is 0 Å². The number of likely N-dealkylation sites (tertiary alicyclic amines) is 1. The number of nitrogens with zero attached hydrogens (tertiary/aromatic N) is 2. The highest BCUT2D eigenvalue weighted by Gasteiger charge is 2.52. The normalized spacial score (nSPS) is 31.2. The standard InChI is InChI=1S/C14H21FN4O3/c15-9-7-10(11(16)20)18(8-9)5-6-19-12(21)14(17-13(19)22)3-1-2-4-14/h9-10H,1-8H2,(H2,16,20)(H,17,22)/t9-,10+/m1/s1. The molecule has 0 aromatic carbocycles. The first-order valence-electron chi connectivity index (χ1n) is 7.74. The molecule has 122 valence electrons. The van der Waals surface area contributed by atoms with Crippen molar-refractivity contribution in [1.29, 1.82) is 0 Å². The Morgan fingerprint density at radius 2 is 2.00 bits per heavy atom. The predicted molar refractivity (Wildman–Crippen MR) is 75.5 cm³/mol. The van der Waals surface area contributed by atoms with E-state index in [1.807, 2.05) is 0 Å². The molecule has 2 heterocycles. The van der Waals surface area contributed by atoms with Crippen LogP contribution in [0.5, 0.6) is 0 Å². The smallest absolute Gasteiger partial charge is 0.325 e. The van der Waals surface area contributed by atoms with Crippen molar-refractivity contribution in [3.05, 3.63) is 0 Å². The van der Waals surface area contributed by atoms with E-state index >= 15 is 0 Å². The molecule has 3 rings (SSSR count). The molecule has 0 aromatic rings. The summed E-state index contributed by atoms with van der Waals surface area (Å²) < 4.78 is 13.5. The molecule has 2 atom stereocenters. The van der Waals surface area contributed by atoms with Gasteiger partial charge in [-0.15, -0.1) is 0 Å². The van der Waals surface area contributed by atoms with Gasteiger partial charge in [0.1, 0.15) is 11.7 Å². The highest BCUT2D eigenvalue weighted by atomic mass is 19.1. The van der Waals surface area contributed by atoms with Crippen LogP contribution in [0.1, 0.15) is 32.1 Å². The van der Waals surface area contributed by atoms with Gasteiger partial charge in [0.15, 0.2) is 0 Å². The number of nitrogens with two attached hydrogens (primary N) is 1. The first-order chi connectivity index (χ1) is 10.4. The molecule has 3 N–H and O–H groups in total. The second-order valence-corrected chi connectivity index (χ2v) is 6.42. The number of alkyl halides is 1. The van der Waals surface area contributed by atoms with Gasteiger partial charge in [-0.05, 0) is 12.8 Å². The van der Waals surface area contributed by atoms with E-state index in [0.717, 1.165) is 12.8 Å². The molecular weight excluding hydrogens is 291 g/mol. The fourth-order valence-corrected chi connectivity index (χ4v) is 3.82. The van der Waals surface area contributed by atoms with E-state index in [2.05, 4.69) is 5.32 Å². The van der Waals surface area contributed by atoms with Crippen molar-refractivity contribution in [1.82, 2.24) is 15.1 Å². The number of halogens is 1. The monoisotopic (exact) mass is 312 g/mol. The Morgan fingerprint density at radius 3 is 2.64 bits per heavy atom. The average Bonchev–Trinajstić information content (AvgIpc) is 3.11.